The highest BCUT2D eigenvalue weighted by molar-refractivity contribution is 5.85. The zero-order valence-corrected chi connectivity index (χ0v) is 11.8. The SMILES string of the molecule is CC(C)(C)c1ccc(CNCCCO)cc1.Cl. The first kappa shape index (κ1) is 16.4. The molecule has 98 valence electrons. The summed E-state index contributed by atoms with van der Waals surface area (Å²) in [6, 6.07) is 8.74. The van der Waals surface area contributed by atoms with Crippen molar-refractivity contribution in [3.05, 3.63) is 35.4 Å². The Morgan fingerprint density at radius 2 is 1.71 bits per heavy atom. The lowest BCUT2D eigenvalue weighted by Gasteiger charge is -2.19. The lowest BCUT2D eigenvalue weighted by atomic mass is 9.87. The van der Waals surface area contributed by atoms with Crippen molar-refractivity contribution in [3.63, 3.8) is 0 Å². The van der Waals surface area contributed by atoms with Gasteiger partial charge < -0.3 is 10.4 Å². The fourth-order valence-electron chi connectivity index (χ4n) is 1.56. The summed E-state index contributed by atoms with van der Waals surface area (Å²) in [4.78, 5) is 0. The molecule has 0 aliphatic carbocycles. The van der Waals surface area contributed by atoms with E-state index in [0.29, 0.717) is 0 Å². The Bertz CT molecular complexity index is 303. The lowest BCUT2D eigenvalue weighted by molar-refractivity contribution is 0.286. The molecule has 0 bridgehead atoms. The van der Waals surface area contributed by atoms with Gasteiger partial charge in [-0.15, -0.1) is 12.4 Å². The van der Waals surface area contributed by atoms with Gasteiger partial charge in [0.25, 0.3) is 0 Å². The lowest BCUT2D eigenvalue weighted by Crippen LogP contribution is -2.16. The second-order valence-electron chi connectivity index (χ2n) is 5.20. The molecule has 0 amide bonds. The molecule has 0 atom stereocenters. The number of halogens is 1. The van der Waals surface area contributed by atoms with Crippen LogP contribution in [0.5, 0.6) is 0 Å². The van der Waals surface area contributed by atoms with Gasteiger partial charge in [0.15, 0.2) is 0 Å². The third kappa shape index (κ3) is 6.06. The van der Waals surface area contributed by atoms with E-state index in [2.05, 4.69) is 50.4 Å². The van der Waals surface area contributed by atoms with Crippen LogP contribution in [-0.4, -0.2) is 18.3 Å². The summed E-state index contributed by atoms with van der Waals surface area (Å²) in [5.41, 5.74) is 2.89. The van der Waals surface area contributed by atoms with Gasteiger partial charge in [0.2, 0.25) is 0 Å². The molecule has 0 spiro atoms. The number of nitrogens with one attached hydrogen (secondary N) is 1. The largest absolute Gasteiger partial charge is 0.396 e. The van der Waals surface area contributed by atoms with Crippen LogP contribution in [0, 0.1) is 0 Å². The molecule has 0 aliphatic heterocycles. The maximum Gasteiger partial charge on any atom is 0.0443 e. The first-order valence-electron chi connectivity index (χ1n) is 5.95. The monoisotopic (exact) mass is 257 g/mol. The Labute approximate surface area is 111 Å². The van der Waals surface area contributed by atoms with Gasteiger partial charge in [-0.25, -0.2) is 0 Å². The zero-order valence-electron chi connectivity index (χ0n) is 11.0. The van der Waals surface area contributed by atoms with E-state index in [9.17, 15) is 0 Å². The number of rotatable bonds is 5. The number of aliphatic hydroxyl groups is 1. The summed E-state index contributed by atoms with van der Waals surface area (Å²) in [6.07, 6.45) is 0.820. The summed E-state index contributed by atoms with van der Waals surface area (Å²) in [6.45, 7) is 8.68. The number of aliphatic hydroxyl groups excluding tert-OH is 1. The molecular formula is C14H24ClNO. The summed E-state index contributed by atoms with van der Waals surface area (Å²) in [5.74, 6) is 0. The van der Waals surface area contributed by atoms with Crippen LogP contribution in [0.4, 0.5) is 0 Å². The molecule has 0 saturated heterocycles. The molecule has 0 saturated carbocycles. The van der Waals surface area contributed by atoms with Crippen LogP contribution >= 0.6 is 12.4 Å². The Balaban J connectivity index is 0.00000256. The molecule has 0 unspecified atom stereocenters. The standard InChI is InChI=1S/C14H23NO.ClH/c1-14(2,3)13-7-5-12(6-8-13)11-15-9-4-10-16;/h5-8,15-16H,4,9-11H2,1-3H3;1H. The van der Waals surface area contributed by atoms with Crippen LogP contribution < -0.4 is 5.32 Å². The highest BCUT2D eigenvalue weighted by atomic mass is 35.5. The van der Waals surface area contributed by atoms with Crippen LogP contribution in [0.25, 0.3) is 0 Å². The van der Waals surface area contributed by atoms with Gasteiger partial charge in [0, 0.05) is 13.2 Å². The third-order valence-electron chi connectivity index (χ3n) is 2.66. The predicted octanol–water partition coefficient (Wildman–Crippen LogP) is 2.88. The molecule has 3 heteroatoms. The zero-order chi connectivity index (χ0) is 12.0. The maximum absolute atomic E-state index is 8.65. The van der Waals surface area contributed by atoms with Crippen LogP contribution in [0.2, 0.25) is 0 Å². The normalized spacial score (nSPS) is 11.1. The van der Waals surface area contributed by atoms with E-state index in [4.69, 9.17) is 5.11 Å². The van der Waals surface area contributed by atoms with E-state index in [0.717, 1.165) is 19.5 Å². The number of hydrogen-bond acceptors (Lipinski definition) is 2. The molecule has 2 N–H and O–H groups in total. The van der Waals surface area contributed by atoms with Crippen molar-refractivity contribution in [2.24, 2.45) is 0 Å². The van der Waals surface area contributed by atoms with Crippen LogP contribution in [0.3, 0.4) is 0 Å². The topological polar surface area (TPSA) is 32.3 Å². The predicted molar refractivity (Wildman–Crippen MR) is 75.8 cm³/mol. The number of benzene rings is 1. The van der Waals surface area contributed by atoms with Gasteiger partial charge in [-0.05, 0) is 29.5 Å². The van der Waals surface area contributed by atoms with Crippen molar-refractivity contribution < 1.29 is 5.11 Å². The Morgan fingerprint density at radius 1 is 1.12 bits per heavy atom. The van der Waals surface area contributed by atoms with Crippen molar-refractivity contribution in [2.45, 2.75) is 39.2 Å². The van der Waals surface area contributed by atoms with Gasteiger partial charge in [-0.3, -0.25) is 0 Å². The van der Waals surface area contributed by atoms with Crippen molar-refractivity contribution >= 4 is 12.4 Å². The number of hydrogen-bond donors (Lipinski definition) is 2. The van der Waals surface area contributed by atoms with E-state index >= 15 is 0 Å². The summed E-state index contributed by atoms with van der Waals surface area (Å²) in [5, 5.41) is 12.0. The van der Waals surface area contributed by atoms with Gasteiger partial charge in [0.1, 0.15) is 0 Å². The fraction of sp³-hybridized carbons (Fsp3) is 0.571. The fourth-order valence-corrected chi connectivity index (χ4v) is 1.56. The molecule has 1 aromatic carbocycles. The molecule has 0 aliphatic rings. The quantitative estimate of drug-likeness (QED) is 0.795. The molecule has 1 rings (SSSR count). The van der Waals surface area contributed by atoms with Crippen molar-refractivity contribution in [1.82, 2.24) is 5.32 Å². The van der Waals surface area contributed by atoms with E-state index in [-0.39, 0.29) is 24.4 Å². The van der Waals surface area contributed by atoms with E-state index in [1.165, 1.54) is 11.1 Å². The molecule has 2 nitrogen and oxygen atoms in total. The Kier molecular flexibility index (Phi) is 7.44. The molecular weight excluding hydrogens is 234 g/mol. The summed E-state index contributed by atoms with van der Waals surface area (Å²) in [7, 11) is 0. The molecule has 17 heavy (non-hydrogen) atoms. The molecule has 0 heterocycles. The van der Waals surface area contributed by atoms with Gasteiger partial charge in [-0.2, -0.15) is 0 Å². The maximum atomic E-state index is 8.65. The first-order chi connectivity index (χ1) is 7.54. The minimum absolute atomic E-state index is 0. The van der Waals surface area contributed by atoms with Crippen molar-refractivity contribution in [3.8, 4) is 0 Å². The van der Waals surface area contributed by atoms with Crippen molar-refractivity contribution in [1.29, 1.82) is 0 Å². The van der Waals surface area contributed by atoms with Crippen molar-refractivity contribution in [2.75, 3.05) is 13.2 Å². The van der Waals surface area contributed by atoms with E-state index in [1.54, 1.807) is 0 Å². The Morgan fingerprint density at radius 3 is 2.18 bits per heavy atom. The van der Waals surface area contributed by atoms with Crippen LogP contribution in [-0.2, 0) is 12.0 Å². The highest BCUT2D eigenvalue weighted by Crippen LogP contribution is 2.21. The van der Waals surface area contributed by atoms with Crippen LogP contribution in [0.15, 0.2) is 24.3 Å². The average Bonchev–Trinajstić information content (AvgIpc) is 2.24. The molecule has 0 fully saturated rings. The van der Waals surface area contributed by atoms with Gasteiger partial charge in [-0.1, -0.05) is 45.0 Å². The Hall–Kier alpha value is -0.570. The smallest absolute Gasteiger partial charge is 0.0443 e. The molecule has 0 radical (unpaired) electrons. The van der Waals surface area contributed by atoms with Gasteiger partial charge in [0.05, 0.1) is 0 Å². The van der Waals surface area contributed by atoms with Crippen LogP contribution in [0.1, 0.15) is 38.3 Å². The highest BCUT2D eigenvalue weighted by Gasteiger charge is 2.12. The first-order valence-corrected chi connectivity index (χ1v) is 5.95. The summed E-state index contributed by atoms with van der Waals surface area (Å²) >= 11 is 0. The van der Waals surface area contributed by atoms with E-state index < -0.39 is 0 Å². The molecule has 1 aromatic rings. The minimum Gasteiger partial charge on any atom is -0.396 e. The summed E-state index contributed by atoms with van der Waals surface area (Å²) < 4.78 is 0. The minimum atomic E-state index is 0. The average molecular weight is 258 g/mol. The van der Waals surface area contributed by atoms with Gasteiger partial charge >= 0.3 is 0 Å². The van der Waals surface area contributed by atoms with E-state index in [1.807, 2.05) is 0 Å². The second-order valence-corrected chi connectivity index (χ2v) is 5.20. The molecule has 0 aromatic heterocycles. The third-order valence-corrected chi connectivity index (χ3v) is 2.66. The second kappa shape index (κ2) is 7.70.